The number of hydrogen-bond acceptors (Lipinski definition) is 4. The van der Waals surface area contributed by atoms with E-state index in [1.807, 2.05) is 6.07 Å². The van der Waals surface area contributed by atoms with E-state index in [4.69, 9.17) is 15.0 Å². The molecule has 1 aromatic heterocycles. The summed E-state index contributed by atoms with van der Waals surface area (Å²) >= 11 is 0. The molecule has 4 heteroatoms. The van der Waals surface area contributed by atoms with Gasteiger partial charge in [0.05, 0.1) is 22.3 Å². The maximum absolute atomic E-state index is 5.33. The van der Waals surface area contributed by atoms with E-state index < -0.39 is 0 Å². The second kappa shape index (κ2) is 14.1. The highest BCUT2D eigenvalue weighted by atomic mass is 15.1. The Hall–Kier alpha value is -7.69. The molecule has 0 spiro atoms. The third-order valence-electron chi connectivity index (χ3n) is 11.3. The topological polar surface area (TPSA) is 50.2 Å². The molecular formula is C54H36N4. The van der Waals surface area contributed by atoms with Crippen LogP contribution in [0.4, 0.5) is 0 Å². The van der Waals surface area contributed by atoms with Gasteiger partial charge in [0.15, 0.2) is 5.82 Å². The molecule has 2 heterocycles. The van der Waals surface area contributed by atoms with Crippen molar-refractivity contribution in [1.82, 2.24) is 15.3 Å². The van der Waals surface area contributed by atoms with Gasteiger partial charge < -0.3 is 5.32 Å². The van der Waals surface area contributed by atoms with Crippen LogP contribution < -0.4 is 15.9 Å². The van der Waals surface area contributed by atoms with E-state index >= 15 is 0 Å². The first kappa shape index (κ1) is 33.6. The number of fused-ring (bicyclic) bond motifs is 4. The Bertz CT molecular complexity index is 3340. The van der Waals surface area contributed by atoms with Gasteiger partial charge in [0.25, 0.3) is 0 Å². The summed E-state index contributed by atoms with van der Waals surface area (Å²) in [6, 6.07) is 72.9. The van der Waals surface area contributed by atoms with Crippen molar-refractivity contribution in [2.75, 3.05) is 0 Å². The number of benzene rings is 9. The first-order chi connectivity index (χ1) is 28.7. The summed E-state index contributed by atoms with van der Waals surface area (Å²) in [7, 11) is 0. The zero-order chi connectivity index (χ0) is 38.4. The van der Waals surface area contributed by atoms with E-state index in [-0.39, 0.29) is 6.17 Å². The van der Waals surface area contributed by atoms with Gasteiger partial charge in [0.2, 0.25) is 0 Å². The van der Waals surface area contributed by atoms with Gasteiger partial charge in [-0.3, -0.25) is 4.99 Å². The van der Waals surface area contributed by atoms with E-state index in [0.29, 0.717) is 5.82 Å². The lowest BCUT2D eigenvalue weighted by atomic mass is 9.96. The van der Waals surface area contributed by atoms with Crippen LogP contribution in [-0.4, -0.2) is 9.97 Å². The minimum Gasteiger partial charge on any atom is -0.359 e. The zero-order valence-corrected chi connectivity index (χ0v) is 31.5. The number of rotatable bonds is 6. The monoisotopic (exact) mass is 740 g/mol. The van der Waals surface area contributed by atoms with E-state index in [1.165, 1.54) is 38.2 Å². The smallest absolute Gasteiger partial charge is 0.160 e. The highest BCUT2D eigenvalue weighted by molar-refractivity contribution is 5.99. The van der Waals surface area contributed by atoms with Gasteiger partial charge in [0.1, 0.15) is 6.17 Å². The van der Waals surface area contributed by atoms with Crippen molar-refractivity contribution >= 4 is 38.1 Å². The molecule has 9 aromatic carbocycles. The van der Waals surface area contributed by atoms with Crippen LogP contribution in [-0.2, 0) is 0 Å². The van der Waals surface area contributed by atoms with Crippen LogP contribution in [0, 0.1) is 0 Å². The van der Waals surface area contributed by atoms with E-state index in [2.05, 4.69) is 206 Å². The fourth-order valence-electron chi connectivity index (χ4n) is 8.48. The number of para-hydroxylation sites is 2. The Kier molecular flexibility index (Phi) is 8.18. The second-order valence-corrected chi connectivity index (χ2v) is 14.8. The SMILES string of the molecule is c1cc(-c2nc(-c3cccc(C4=c5ccccc5=NC(c5cccc(-c6cccc7ccccc67)c5)N4)c3)c3ccccc3n2)cc(-c2cccc3ccccc23)c1. The summed E-state index contributed by atoms with van der Waals surface area (Å²) in [4.78, 5) is 15.7. The molecule has 4 nitrogen and oxygen atoms in total. The lowest BCUT2D eigenvalue weighted by Crippen LogP contribution is -2.39. The minimum absolute atomic E-state index is 0.274. The van der Waals surface area contributed by atoms with Gasteiger partial charge in [-0.05, 0) is 85.3 Å². The second-order valence-electron chi connectivity index (χ2n) is 14.8. The highest BCUT2D eigenvalue weighted by Gasteiger charge is 2.20. The first-order valence-corrected chi connectivity index (χ1v) is 19.7. The summed E-state index contributed by atoms with van der Waals surface area (Å²) < 4.78 is 0. The molecule has 0 aliphatic carbocycles. The summed E-state index contributed by atoms with van der Waals surface area (Å²) in [5.74, 6) is 0.694. The highest BCUT2D eigenvalue weighted by Crippen LogP contribution is 2.35. The van der Waals surface area contributed by atoms with Gasteiger partial charge in [-0.15, -0.1) is 0 Å². The molecule has 0 radical (unpaired) electrons. The van der Waals surface area contributed by atoms with Crippen LogP contribution in [0.15, 0.2) is 211 Å². The fraction of sp³-hybridized carbons (Fsp3) is 0.0185. The summed E-state index contributed by atoms with van der Waals surface area (Å²) in [6.45, 7) is 0. The zero-order valence-electron chi connectivity index (χ0n) is 31.5. The minimum atomic E-state index is -0.274. The molecule has 0 saturated heterocycles. The molecule has 0 amide bonds. The molecule has 1 unspecified atom stereocenters. The molecule has 0 saturated carbocycles. The number of nitrogens with zero attached hydrogens (tertiary/aromatic N) is 3. The summed E-state index contributed by atoms with van der Waals surface area (Å²) in [5.41, 5.74) is 11.7. The lowest BCUT2D eigenvalue weighted by Gasteiger charge is -2.24. The Morgan fingerprint density at radius 1 is 0.397 bits per heavy atom. The van der Waals surface area contributed by atoms with E-state index in [1.54, 1.807) is 0 Å². The molecule has 58 heavy (non-hydrogen) atoms. The van der Waals surface area contributed by atoms with Crippen LogP contribution in [0.5, 0.6) is 0 Å². The Morgan fingerprint density at radius 2 is 0.948 bits per heavy atom. The number of aromatic nitrogens is 2. The standard InChI is InChI=1S/C54H36N4/c1-3-24-43-35(14-1)16-12-28-45(43)37-18-9-22-41(32-37)53-55-49-30-7-5-26-47(49)51(57-53)39-20-11-21-40(34-39)52-48-27-6-8-31-50(48)56-54(58-52)42-23-10-19-38(33-42)46-29-13-17-36-15-2-4-25-44(36)46/h1-34,53,57H. The molecule has 11 rings (SSSR count). The molecule has 1 atom stereocenters. The summed E-state index contributed by atoms with van der Waals surface area (Å²) in [5, 5.41) is 11.8. The summed E-state index contributed by atoms with van der Waals surface area (Å²) in [6.07, 6.45) is -0.274. The van der Waals surface area contributed by atoms with Crippen LogP contribution >= 0.6 is 0 Å². The molecule has 0 bridgehead atoms. The quantitative estimate of drug-likeness (QED) is 0.185. The maximum atomic E-state index is 5.33. The maximum Gasteiger partial charge on any atom is 0.160 e. The Morgan fingerprint density at radius 3 is 1.72 bits per heavy atom. The fourth-order valence-corrected chi connectivity index (χ4v) is 8.48. The van der Waals surface area contributed by atoms with Gasteiger partial charge in [-0.2, -0.15) is 0 Å². The van der Waals surface area contributed by atoms with Crippen LogP contribution in [0.3, 0.4) is 0 Å². The molecule has 272 valence electrons. The van der Waals surface area contributed by atoms with Gasteiger partial charge in [0, 0.05) is 21.7 Å². The molecule has 1 N–H and O–H groups in total. The lowest BCUT2D eigenvalue weighted by molar-refractivity contribution is 0.634. The van der Waals surface area contributed by atoms with Crippen molar-refractivity contribution in [3.8, 4) is 44.9 Å². The molecule has 1 aliphatic rings. The van der Waals surface area contributed by atoms with Gasteiger partial charge >= 0.3 is 0 Å². The average Bonchev–Trinajstić information content (AvgIpc) is 3.30. The van der Waals surface area contributed by atoms with E-state index in [9.17, 15) is 0 Å². The normalized spacial score (nSPS) is 13.6. The number of hydrogen-bond donors (Lipinski definition) is 1. The third kappa shape index (κ3) is 5.99. The van der Waals surface area contributed by atoms with Crippen LogP contribution in [0.25, 0.3) is 83.0 Å². The predicted molar refractivity (Wildman–Crippen MR) is 238 cm³/mol. The Labute approximate surface area is 336 Å². The molecule has 10 aromatic rings. The molecule has 1 aliphatic heterocycles. The van der Waals surface area contributed by atoms with Crippen molar-refractivity contribution in [3.63, 3.8) is 0 Å². The predicted octanol–water partition coefficient (Wildman–Crippen LogP) is 11.7. The average molecular weight is 741 g/mol. The molecular weight excluding hydrogens is 705 g/mol. The van der Waals surface area contributed by atoms with Crippen molar-refractivity contribution in [2.45, 2.75) is 6.17 Å². The van der Waals surface area contributed by atoms with Gasteiger partial charge in [-0.1, -0.05) is 176 Å². The number of nitrogens with one attached hydrogen (secondary N) is 1. The first-order valence-electron chi connectivity index (χ1n) is 19.7. The molecule has 0 fully saturated rings. The van der Waals surface area contributed by atoms with Crippen LogP contribution in [0.2, 0.25) is 0 Å². The van der Waals surface area contributed by atoms with E-state index in [0.717, 1.165) is 60.7 Å². The van der Waals surface area contributed by atoms with Gasteiger partial charge in [-0.25, -0.2) is 9.97 Å². The van der Waals surface area contributed by atoms with Crippen molar-refractivity contribution in [1.29, 1.82) is 0 Å². The largest absolute Gasteiger partial charge is 0.359 e. The third-order valence-corrected chi connectivity index (χ3v) is 11.3. The Balaban J connectivity index is 0.998. The van der Waals surface area contributed by atoms with Crippen LogP contribution in [0.1, 0.15) is 17.3 Å². The van der Waals surface area contributed by atoms with Crippen molar-refractivity contribution < 1.29 is 0 Å². The van der Waals surface area contributed by atoms with Crippen molar-refractivity contribution in [3.05, 3.63) is 228 Å². The van der Waals surface area contributed by atoms with Crippen molar-refractivity contribution in [2.24, 2.45) is 4.99 Å².